The van der Waals surface area contributed by atoms with Crippen molar-refractivity contribution in [1.82, 2.24) is 0 Å². The van der Waals surface area contributed by atoms with Crippen molar-refractivity contribution in [3.8, 4) is 35.1 Å². The number of nitriles is 2. The minimum absolute atomic E-state index is 0.630. The van der Waals surface area contributed by atoms with Crippen LogP contribution in [0.3, 0.4) is 0 Å². The fourth-order valence-electron chi connectivity index (χ4n) is 7.19. The molecule has 0 bridgehead atoms. The van der Waals surface area contributed by atoms with Gasteiger partial charge in [0.25, 0.3) is 0 Å². The van der Waals surface area contributed by atoms with Crippen LogP contribution in [0.5, 0.6) is 23.0 Å². The van der Waals surface area contributed by atoms with Gasteiger partial charge < -0.3 is 28.7 Å². The molecule has 0 spiro atoms. The average Bonchev–Trinajstić information content (AvgIpc) is 3.39. The molecule has 8 heteroatoms. The van der Waals surface area contributed by atoms with Crippen LogP contribution in [-0.2, 0) is 0 Å². The summed E-state index contributed by atoms with van der Waals surface area (Å²) in [5.41, 5.74) is 11.0. The Balaban J connectivity index is 0.000000196. The Morgan fingerprint density at radius 1 is 0.333 bits per heavy atom. The monoisotopic (exact) mass is 864 g/mol. The molecule has 8 aromatic rings. The highest BCUT2D eigenvalue weighted by molar-refractivity contribution is 5.91. The van der Waals surface area contributed by atoms with Gasteiger partial charge in [0.2, 0.25) is 0 Å². The first-order valence-corrected chi connectivity index (χ1v) is 21.1. The van der Waals surface area contributed by atoms with Gasteiger partial charge in [0.05, 0.1) is 51.7 Å². The van der Waals surface area contributed by atoms with Crippen molar-refractivity contribution in [2.45, 2.75) is 0 Å². The van der Waals surface area contributed by atoms with Gasteiger partial charge in [0.15, 0.2) is 0 Å². The molecule has 8 rings (SSSR count). The van der Waals surface area contributed by atoms with Crippen LogP contribution >= 0.6 is 0 Å². The predicted octanol–water partition coefficient (Wildman–Crippen LogP) is 14.5. The molecule has 0 unspecified atom stereocenters. The average molecular weight is 865 g/mol. The van der Waals surface area contributed by atoms with Crippen molar-refractivity contribution in [2.24, 2.45) is 0 Å². The number of nitrogens with zero attached hydrogens (tertiary/aromatic N) is 4. The molecule has 0 atom stereocenters. The molecule has 0 aliphatic carbocycles. The minimum atomic E-state index is 0.630. The lowest BCUT2D eigenvalue weighted by atomic mass is 10.0. The van der Waals surface area contributed by atoms with Gasteiger partial charge in [-0.1, -0.05) is 84.9 Å². The Labute approximate surface area is 387 Å². The zero-order valence-corrected chi connectivity index (χ0v) is 37.2. The van der Waals surface area contributed by atoms with Crippen molar-refractivity contribution in [3.05, 3.63) is 229 Å². The first-order valence-electron chi connectivity index (χ1n) is 21.1. The summed E-state index contributed by atoms with van der Waals surface area (Å²) in [7, 11) is 6.64. The highest BCUT2D eigenvalue weighted by Gasteiger charge is 2.15. The molecular weight excluding hydrogens is 817 g/mol. The fourth-order valence-corrected chi connectivity index (χ4v) is 7.19. The second-order valence-corrected chi connectivity index (χ2v) is 14.7. The summed E-state index contributed by atoms with van der Waals surface area (Å²) in [5.74, 6) is 3.22. The van der Waals surface area contributed by atoms with Crippen molar-refractivity contribution in [2.75, 3.05) is 38.2 Å². The SMILES string of the molecule is COc1ccc(N(c2ccc(/C=C(\C#N)c3ccccc3)cc2)c2ccc(OC)cc2)cc1.COc1ccc(N(c2ccc(/C=C(\C#N)c3ccccc3)cc2)c2ccc(OC)cc2)cc1. The first-order chi connectivity index (χ1) is 32.4. The number of hydrogen-bond acceptors (Lipinski definition) is 8. The molecule has 0 aliphatic heterocycles. The second-order valence-electron chi connectivity index (χ2n) is 14.7. The van der Waals surface area contributed by atoms with Gasteiger partial charge >= 0.3 is 0 Å². The molecule has 66 heavy (non-hydrogen) atoms. The summed E-state index contributed by atoms with van der Waals surface area (Å²) in [5, 5.41) is 19.2. The lowest BCUT2D eigenvalue weighted by Crippen LogP contribution is -2.09. The Morgan fingerprint density at radius 2 is 0.561 bits per heavy atom. The van der Waals surface area contributed by atoms with Crippen molar-refractivity contribution < 1.29 is 18.9 Å². The van der Waals surface area contributed by atoms with Gasteiger partial charge in [0, 0.05) is 34.1 Å². The third kappa shape index (κ3) is 11.3. The lowest BCUT2D eigenvalue weighted by Gasteiger charge is -2.26. The van der Waals surface area contributed by atoms with E-state index >= 15 is 0 Å². The highest BCUT2D eigenvalue weighted by atomic mass is 16.5. The van der Waals surface area contributed by atoms with Crippen LogP contribution in [-0.4, -0.2) is 28.4 Å². The molecule has 8 nitrogen and oxygen atoms in total. The van der Waals surface area contributed by atoms with E-state index in [1.54, 1.807) is 28.4 Å². The molecule has 324 valence electrons. The molecule has 0 N–H and O–H groups in total. The maximum absolute atomic E-state index is 9.62. The van der Waals surface area contributed by atoms with Crippen molar-refractivity contribution >= 4 is 57.4 Å². The number of hydrogen-bond donors (Lipinski definition) is 0. The molecular formula is C58H48N4O4. The number of benzene rings is 8. The van der Waals surface area contributed by atoms with E-state index in [9.17, 15) is 10.5 Å². The molecule has 0 saturated heterocycles. The topological polar surface area (TPSA) is 91.0 Å². The number of anilines is 6. The zero-order valence-electron chi connectivity index (χ0n) is 37.2. The molecule has 0 fully saturated rings. The summed E-state index contributed by atoms with van der Waals surface area (Å²) in [6.07, 6.45) is 3.81. The summed E-state index contributed by atoms with van der Waals surface area (Å²) >= 11 is 0. The second kappa shape index (κ2) is 22.4. The third-order valence-electron chi connectivity index (χ3n) is 10.7. The number of allylic oxidation sites excluding steroid dienone is 2. The van der Waals surface area contributed by atoms with Gasteiger partial charge in [-0.25, -0.2) is 0 Å². The quantitative estimate of drug-likeness (QED) is 0.0788. The largest absolute Gasteiger partial charge is 0.497 e. The van der Waals surface area contributed by atoms with E-state index in [4.69, 9.17) is 18.9 Å². The zero-order chi connectivity index (χ0) is 46.1. The highest BCUT2D eigenvalue weighted by Crippen LogP contribution is 2.38. The first kappa shape index (κ1) is 45.1. The smallest absolute Gasteiger partial charge is 0.119 e. The fraction of sp³-hybridized carbons (Fsp3) is 0.0690. The van der Waals surface area contributed by atoms with Gasteiger partial charge in [-0.3, -0.25) is 0 Å². The predicted molar refractivity (Wildman–Crippen MR) is 268 cm³/mol. The molecule has 0 saturated carbocycles. The van der Waals surface area contributed by atoms with Gasteiger partial charge in [-0.2, -0.15) is 10.5 Å². The Hall–Kier alpha value is -8.98. The van der Waals surface area contributed by atoms with E-state index in [-0.39, 0.29) is 0 Å². The molecule has 0 radical (unpaired) electrons. The summed E-state index contributed by atoms with van der Waals surface area (Å²) in [6, 6.07) is 72.1. The normalized spacial score (nSPS) is 10.9. The minimum Gasteiger partial charge on any atom is -0.497 e. The van der Waals surface area contributed by atoms with E-state index < -0.39 is 0 Å². The Bertz CT molecular complexity index is 2620. The van der Waals surface area contributed by atoms with Gasteiger partial charge in [-0.15, -0.1) is 0 Å². The van der Waals surface area contributed by atoms with Gasteiger partial charge in [-0.05, 0) is 156 Å². The van der Waals surface area contributed by atoms with E-state index in [1.807, 2.05) is 194 Å². The summed E-state index contributed by atoms with van der Waals surface area (Å²) in [4.78, 5) is 4.32. The Morgan fingerprint density at radius 3 is 0.773 bits per heavy atom. The molecule has 0 amide bonds. The maximum Gasteiger partial charge on any atom is 0.119 e. The third-order valence-corrected chi connectivity index (χ3v) is 10.7. The maximum atomic E-state index is 9.62. The van der Waals surface area contributed by atoms with Crippen LogP contribution < -0.4 is 28.7 Å². The van der Waals surface area contributed by atoms with Crippen LogP contribution in [0.2, 0.25) is 0 Å². The van der Waals surface area contributed by atoms with Crippen LogP contribution in [0.4, 0.5) is 34.1 Å². The molecule has 0 heterocycles. The Kier molecular flexibility index (Phi) is 15.3. The van der Waals surface area contributed by atoms with Crippen LogP contribution in [0.1, 0.15) is 22.3 Å². The van der Waals surface area contributed by atoms with Crippen LogP contribution in [0.25, 0.3) is 23.3 Å². The number of methoxy groups -OCH3 is 4. The number of rotatable bonds is 14. The van der Waals surface area contributed by atoms with E-state index in [1.165, 1.54) is 0 Å². The molecule has 0 aliphatic rings. The van der Waals surface area contributed by atoms with Gasteiger partial charge in [0.1, 0.15) is 23.0 Å². The number of ether oxygens (including phenoxy) is 4. The van der Waals surface area contributed by atoms with Crippen molar-refractivity contribution in [1.29, 1.82) is 10.5 Å². The standard InChI is InChI=1S/2C29H24N2O2/c2*1-32-28-16-12-26(13-17-28)31(27-14-18-29(33-2)19-15-27)25-10-8-22(9-11-25)20-24(21-30)23-6-4-3-5-7-23/h2*3-20H,1-2H3/b2*24-20+. The van der Waals surface area contributed by atoms with Crippen LogP contribution in [0, 0.1) is 22.7 Å². The van der Waals surface area contributed by atoms with E-state index in [0.717, 1.165) is 79.4 Å². The summed E-state index contributed by atoms with van der Waals surface area (Å²) in [6.45, 7) is 0. The van der Waals surface area contributed by atoms with Crippen molar-refractivity contribution in [3.63, 3.8) is 0 Å². The lowest BCUT2D eigenvalue weighted by molar-refractivity contribution is 0.414. The summed E-state index contributed by atoms with van der Waals surface area (Å²) < 4.78 is 21.3. The van der Waals surface area contributed by atoms with Crippen LogP contribution in [0.15, 0.2) is 206 Å². The molecule has 8 aromatic carbocycles. The van der Waals surface area contributed by atoms with E-state index in [2.05, 4.69) is 46.2 Å². The van der Waals surface area contributed by atoms with E-state index in [0.29, 0.717) is 11.1 Å². The molecule has 0 aromatic heterocycles.